The molecule has 1 saturated heterocycles. The summed E-state index contributed by atoms with van der Waals surface area (Å²) < 4.78 is 18.8. The van der Waals surface area contributed by atoms with Crippen LogP contribution in [0.5, 0.6) is 0 Å². The molecular weight excluding hydrogens is 265 g/mol. The molecule has 1 aliphatic heterocycles. The van der Waals surface area contributed by atoms with Crippen LogP contribution in [-0.4, -0.2) is 47.2 Å². The van der Waals surface area contributed by atoms with Crippen molar-refractivity contribution in [2.45, 2.75) is 19.4 Å². The third kappa shape index (κ3) is 2.96. The Morgan fingerprint density at radius 2 is 2.10 bits per heavy atom. The van der Waals surface area contributed by atoms with Gasteiger partial charge in [0.25, 0.3) is 5.91 Å². The predicted octanol–water partition coefficient (Wildman–Crippen LogP) is 1.45. The Morgan fingerprint density at radius 1 is 1.45 bits per heavy atom. The molecular formula is C14H16FNO4. The quantitative estimate of drug-likeness (QED) is 0.907. The molecule has 0 unspecified atom stereocenters. The standard InChI is InChI=1S/C14H16FNO4/c1-9-3-4-11(15)10(5-9)13(19)16-7-14(2,8-16)20-6-12(17)18/h3-5H,6-8H2,1-2H3,(H,17,18). The number of hydrogen-bond donors (Lipinski definition) is 1. The lowest BCUT2D eigenvalue weighted by atomic mass is 9.95. The average molecular weight is 281 g/mol. The van der Waals surface area contributed by atoms with Gasteiger partial charge in [-0.15, -0.1) is 0 Å². The number of carbonyl (C=O) groups is 2. The summed E-state index contributed by atoms with van der Waals surface area (Å²) >= 11 is 0. The number of benzene rings is 1. The molecule has 108 valence electrons. The van der Waals surface area contributed by atoms with Crippen molar-refractivity contribution in [1.29, 1.82) is 0 Å². The molecule has 0 bridgehead atoms. The number of aliphatic carboxylic acids is 1. The molecule has 0 saturated carbocycles. The van der Waals surface area contributed by atoms with Crippen molar-refractivity contribution < 1.29 is 23.8 Å². The highest BCUT2D eigenvalue weighted by molar-refractivity contribution is 5.95. The van der Waals surface area contributed by atoms with Crippen molar-refractivity contribution >= 4 is 11.9 Å². The largest absolute Gasteiger partial charge is 0.480 e. The van der Waals surface area contributed by atoms with E-state index < -0.39 is 29.9 Å². The monoisotopic (exact) mass is 281 g/mol. The molecule has 0 radical (unpaired) electrons. The summed E-state index contributed by atoms with van der Waals surface area (Å²) in [7, 11) is 0. The summed E-state index contributed by atoms with van der Waals surface area (Å²) in [6.07, 6.45) is 0. The van der Waals surface area contributed by atoms with E-state index in [1.54, 1.807) is 19.9 Å². The summed E-state index contributed by atoms with van der Waals surface area (Å²) in [5.74, 6) is -2.01. The van der Waals surface area contributed by atoms with Gasteiger partial charge in [-0.2, -0.15) is 0 Å². The molecule has 5 nitrogen and oxygen atoms in total. The van der Waals surface area contributed by atoms with Gasteiger partial charge in [-0.05, 0) is 26.0 Å². The molecule has 20 heavy (non-hydrogen) atoms. The molecule has 6 heteroatoms. The fraction of sp³-hybridized carbons (Fsp3) is 0.429. The molecule has 0 atom stereocenters. The van der Waals surface area contributed by atoms with E-state index in [9.17, 15) is 14.0 Å². The minimum absolute atomic E-state index is 0.0327. The van der Waals surface area contributed by atoms with Crippen molar-refractivity contribution in [3.8, 4) is 0 Å². The minimum atomic E-state index is -1.05. The zero-order chi connectivity index (χ0) is 14.9. The number of carboxylic acids is 1. The number of likely N-dealkylation sites (tertiary alicyclic amines) is 1. The minimum Gasteiger partial charge on any atom is -0.480 e. The van der Waals surface area contributed by atoms with Crippen LogP contribution in [0.4, 0.5) is 4.39 Å². The van der Waals surface area contributed by atoms with Crippen LogP contribution >= 0.6 is 0 Å². The third-order valence-corrected chi connectivity index (χ3v) is 3.23. The van der Waals surface area contributed by atoms with E-state index in [0.717, 1.165) is 5.56 Å². The maximum Gasteiger partial charge on any atom is 0.329 e. The lowest BCUT2D eigenvalue weighted by Crippen LogP contribution is -2.63. The van der Waals surface area contributed by atoms with Gasteiger partial charge in [0.15, 0.2) is 0 Å². The number of aryl methyl sites for hydroxylation is 1. The first-order chi connectivity index (χ1) is 9.31. The molecule has 1 aliphatic rings. The van der Waals surface area contributed by atoms with Crippen LogP contribution in [0.25, 0.3) is 0 Å². The van der Waals surface area contributed by atoms with E-state index >= 15 is 0 Å². The van der Waals surface area contributed by atoms with Crippen molar-refractivity contribution in [3.05, 3.63) is 35.1 Å². The first kappa shape index (κ1) is 14.5. The maximum atomic E-state index is 13.6. The Balaban J connectivity index is 2.00. The van der Waals surface area contributed by atoms with E-state index in [2.05, 4.69) is 0 Å². The Bertz CT molecular complexity index is 552. The maximum absolute atomic E-state index is 13.6. The SMILES string of the molecule is Cc1ccc(F)c(C(=O)N2CC(C)(OCC(=O)O)C2)c1. The van der Waals surface area contributed by atoms with Crippen molar-refractivity contribution in [3.63, 3.8) is 0 Å². The van der Waals surface area contributed by atoms with Crippen LogP contribution in [0.2, 0.25) is 0 Å². The highest BCUT2D eigenvalue weighted by Crippen LogP contribution is 2.27. The summed E-state index contributed by atoms with van der Waals surface area (Å²) in [4.78, 5) is 24.0. The van der Waals surface area contributed by atoms with Crippen LogP contribution in [0.1, 0.15) is 22.8 Å². The number of carbonyl (C=O) groups excluding carboxylic acids is 1. The molecule has 1 N–H and O–H groups in total. The first-order valence-corrected chi connectivity index (χ1v) is 6.22. The number of amides is 1. The van der Waals surface area contributed by atoms with Gasteiger partial charge in [0, 0.05) is 0 Å². The third-order valence-electron chi connectivity index (χ3n) is 3.23. The Hall–Kier alpha value is -1.95. The van der Waals surface area contributed by atoms with Crippen molar-refractivity contribution in [1.82, 2.24) is 4.90 Å². The molecule has 0 spiro atoms. The zero-order valence-electron chi connectivity index (χ0n) is 11.4. The smallest absolute Gasteiger partial charge is 0.329 e. The van der Waals surface area contributed by atoms with Crippen LogP contribution in [0, 0.1) is 12.7 Å². The molecule has 1 amide bonds. The Labute approximate surface area is 116 Å². The number of ether oxygens (including phenoxy) is 1. The predicted molar refractivity (Wildman–Crippen MR) is 69.0 cm³/mol. The molecule has 1 fully saturated rings. The number of nitrogens with zero attached hydrogens (tertiary/aromatic N) is 1. The van der Waals surface area contributed by atoms with E-state index in [1.165, 1.54) is 17.0 Å². The van der Waals surface area contributed by atoms with E-state index in [4.69, 9.17) is 9.84 Å². The van der Waals surface area contributed by atoms with Gasteiger partial charge in [-0.25, -0.2) is 9.18 Å². The van der Waals surface area contributed by atoms with Gasteiger partial charge in [0.2, 0.25) is 0 Å². The molecule has 1 aromatic rings. The fourth-order valence-electron chi connectivity index (χ4n) is 2.21. The topological polar surface area (TPSA) is 66.8 Å². The average Bonchev–Trinajstić information content (AvgIpc) is 2.35. The van der Waals surface area contributed by atoms with Gasteiger partial charge >= 0.3 is 5.97 Å². The lowest BCUT2D eigenvalue weighted by molar-refractivity contribution is -0.159. The highest BCUT2D eigenvalue weighted by atomic mass is 19.1. The highest BCUT2D eigenvalue weighted by Gasteiger charge is 2.43. The van der Waals surface area contributed by atoms with Crippen LogP contribution in [0.15, 0.2) is 18.2 Å². The van der Waals surface area contributed by atoms with E-state index in [-0.39, 0.29) is 18.7 Å². The molecule has 1 heterocycles. The van der Waals surface area contributed by atoms with Crippen LogP contribution < -0.4 is 0 Å². The Morgan fingerprint density at radius 3 is 2.70 bits per heavy atom. The number of rotatable bonds is 4. The van der Waals surface area contributed by atoms with Gasteiger partial charge < -0.3 is 14.7 Å². The van der Waals surface area contributed by atoms with Gasteiger partial charge in [0.1, 0.15) is 18.0 Å². The zero-order valence-corrected chi connectivity index (χ0v) is 11.4. The number of hydrogen-bond acceptors (Lipinski definition) is 3. The van der Waals surface area contributed by atoms with E-state index in [0.29, 0.717) is 0 Å². The normalized spacial score (nSPS) is 16.6. The number of halogens is 1. The second-order valence-corrected chi connectivity index (χ2v) is 5.28. The molecule has 0 aliphatic carbocycles. The molecule has 0 aromatic heterocycles. The fourth-order valence-corrected chi connectivity index (χ4v) is 2.21. The van der Waals surface area contributed by atoms with E-state index in [1.807, 2.05) is 0 Å². The summed E-state index contributed by atoms with van der Waals surface area (Å²) in [6, 6.07) is 4.37. The van der Waals surface area contributed by atoms with Gasteiger partial charge in [-0.1, -0.05) is 11.6 Å². The Kier molecular flexibility index (Phi) is 3.76. The molecule has 1 aromatic carbocycles. The lowest BCUT2D eigenvalue weighted by Gasteiger charge is -2.47. The number of carboxylic acid groups (broad SMARTS) is 1. The summed E-state index contributed by atoms with van der Waals surface area (Å²) in [5, 5.41) is 8.56. The first-order valence-electron chi connectivity index (χ1n) is 6.22. The molecule has 2 rings (SSSR count). The van der Waals surface area contributed by atoms with Gasteiger partial charge in [0.05, 0.1) is 18.7 Å². The van der Waals surface area contributed by atoms with Gasteiger partial charge in [-0.3, -0.25) is 4.79 Å². The summed E-state index contributed by atoms with van der Waals surface area (Å²) in [6.45, 7) is 3.62. The second-order valence-electron chi connectivity index (χ2n) is 5.28. The summed E-state index contributed by atoms with van der Waals surface area (Å²) in [5.41, 5.74) is 0.166. The van der Waals surface area contributed by atoms with Crippen LogP contribution in [-0.2, 0) is 9.53 Å². The van der Waals surface area contributed by atoms with Crippen molar-refractivity contribution in [2.75, 3.05) is 19.7 Å². The van der Waals surface area contributed by atoms with Crippen molar-refractivity contribution in [2.24, 2.45) is 0 Å². The second kappa shape index (κ2) is 5.20. The van der Waals surface area contributed by atoms with Crippen LogP contribution in [0.3, 0.4) is 0 Å².